The molecule has 234 valence electrons. The van der Waals surface area contributed by atoms with Gasteiger partial charge in [-0.2, -0.15) is 0 Å². The van der Waals surface area contributed by atoms with Gasteiger partial charge in [0.25, 0.3) is 0 Å². The van der Waals surface area contributed by atoms with E-state index < -0.39 is 5.41 Å². The largest absolute Gasteiger partial charge is 0.265 e. The molecule has 50 heavy (non-hydrogen) atoms. The molecule has 0 radical (unpaired) electrons. The molecule has 6 aromatic carbocycles. The second-order valence-corrected chi connectivity index (χ2v) is 13.7. The summed E-state index contributed by atoms with van der Waals surface area (Å²) in [5, 5.41) is 0. The molecule has 2 aromatic heterocycles. The third-order valence-corrected chi connectivity index (χ3v) is 11.1. The fraction of sp³-hybridized carbons (Fsp3) is 0.0222. The second kappa shape index (κ2) is 11.5. The number of rotatable bonds is 4. The van der Waals surface area contributed by atoms with E-state index in [9.17, 15) is 0 Å². The normalized spacial score (nSPS) is 13.3. The van der Waals surface area contributed by atoms with Crippen molar-refractivity contribution in [3.8, 4) is 56.4 Å². The number of fused-ring (bicyclic) bond motifs is 9. The topological polar surface area (TPSA) is 51.6 Å². The van der Waals surface area contributed by atoms with Gasteiger partial charge in [-0.15, -0.1) is 0 Å². The van der Waals surface area contributed by atoms with Crippen LogP contribution in [0.2, 0.25) is 0 Å². The van der Waals surface area contributed by atoms with Crippen LogP contribution in [-0.2, 0) is 5.41 Å². The Morgan fingerprint density at radius 1 is 0.360 bits per heavy atom. The lowest BCUT2D eigenvalue weighted by atomic mass is 9.67. The van der Waals surface area contributed by atoms with E-state index in [2.05, 4.69) is 132 Å². The Kier molecular flexibility index (Phi) is 6.61. The van der Waals surface area contributed by atoms with Crippen molar-refractivity contribution in [3.63, 3.8) is 0 Å². The molecule has 3 heterocycles. The minimum Gasteiger partial charge on any atom is -0.265 e. The molecule has 1 aliphatic heterocycles. The maximum Gasteiger partial charge on any atom is 0.164 e. The Morgan fingerprint density at radius 3 is 1.62 bits per heavy atom. The number of nitrogens with zero attached hydrogens (tertiary/aromatic N) is 4. The molecular formula is C45H28N4S. The average molecular weight is 657 g/mol. The number of pyridine rings is 1. The van der Waals surface area contributed by atoms with E-state index in [0.29, 0.717) is 17.5 Å². The molecule has 0 saturated heterocycles. The highest BCUT2D eigenvalue weighted by Crippen LogP contribution is 2.62. The molecule has 8 aromatic rings. The van der Waals surface area contributed by atoms with Gasteiger partial charge in [-0.3, -0.25) is 4.98 Å². The summed E-state index contributed by atoms with van der Waals surface area (Å²) in [5.41, 5.74) is 12.3. The van der Waals surface area contributed by atoms with E-state index >= 15 is 0 Å². The van der Waals surface area contributed by atoms with Gasteiger partial charge in [-0.1, -0.05) is 133 Å². The zero-order valence-electron chi connectivity index (χ0n) is 26.9. The van der Waals surface area contributed by atoms with Gasteiger partial charge in [0.15, 0.2) is 17.5 Å². The fourth-order valence-electron chi connectivity index (χ4n) is 7.73. The van der Waals surface area contributed by atoms with Crippen molar-refractivity contribution in [3.05, 3.63) is 192 Å². The van der Waals surface area contributed by atoms with Crippen LogP contribution < -0.4 is 0 Å². The van der Waals surface area contributed by atoms with Gasteiger partial charge < -0.3 is 0 Å². The summed E-state index contributed by atoms with van der Waals surface area (Å²) in [7, 11) is 0. The van der Waals surface area contributed by atoms with Gasteiger partial charge in [-0.25, -0.2) is 15.0 Å². The Labute approximate surface area is 294 Å². The van der Waals surface area contributed by atoms with E-state index in [0.717, 1.165) is 27.8 Å². The molecule has 1 spiro atoms. The Bertz CT molecular complexity index is 2540. The zero-order valence-corrected chi connectivity index (χ0v) is 27.7. The maximum absolute atomic E-state index is 5.19. The molecule has 5 heteroatoms. The van der Waals surface area contributed by atoms with Crippen molar-refractivity contribution in [2.75, 3.05) is 0 Å². The first-order valence-corrected chi connectivity index (χ1v) is 17.5. The molecule has 4 nitrogen and oxygen atoms in total. The van der Waals surface area contributed by atoms with E-state index in [-0.39, 0.29) is 0 Å². The van der Waals surface area contributed by atoms with Crippen LogP contribution in [0.3, 0.4) is 0 Å². The lowest BCUT2D eigenvalue weighted by Crippen LogP contribution is -2.32. The van der Waals surface area contributed by atoms with Gasteiger partial charge in [0.2, 0.25) is 0 Å². The molecule has 0 unspecified atom stereocenters. The molecule has 10 rings (SSSR count). The maximum atomic E-state index is 5.19. The zero-order chi connectivity index (χ0) is 33.1. The van der Waals surface area contributed by atoms with Crippen LogP contribution in [0.15, 0.2) is 180 Å². The second-order valence-electron chi connectivity index (χ2n) is 12.6. The van der Waals surface area contributed by atoms with Crippen molar-refractivity contribution in [2.45, 2.75) is 15.2 Å². The molecule has 0 atom stereocenters. The average Bonchev–Trinajstić information content (AvgIpc) is 3.49. The SMILES string of the molecule is c1ccc(-c2nc(-c3cccc(-c4ccncc4)c3)nc(-c3ccc4c(c3)C3(c5ccccc5S4)c4ccccc4-c4ccccc43)n2)cc1. The van der Waals surface area contributed by atoms with Crippen LogP contribution in [-0.4, -0.2) is 19.9 Å². The Hall–Kier alpha value is -6.17. The lowest BCUT2D eigenvalue weighted by molar-refractivity contribution is 0.722. The number of hydrogen-bond acceptors (Lipinski definition) is 5. The first-order valence-electron chi connectivity index (χ1n) is 16.7. The van der Waals surface area contributed by atoms with E-state index in [1.54, 1.807) is 0 Å². The van der Waals surface area contributed by atoms with Crippen LogP contribution in [0.25, 0.3) is 56.4 Å². The number of aromatic nitrogens is 4. The first-order chi connectivity index (χ1) is 24.8. The monoisotopic (exact) mass is 656 g/mol. The van der Waals surface area contributed by atoms with Crippen LogP contribution in [0.4, 0.5) is 0 Å². The van der Waals surface area contributed by atoms with Crippen LogP contribution >= 0.6 is 11.8 Å². The fourth-order valence-corrected chi connectivity index (χ4v) is 8.90. The lowest BCUT2D eigenvalue weighted by Gasteiger charge is -2.39. The summed E-state index contributed by atoms with van der Waals surface area (Å²) in [6, 6.07) is 56.0. The Balaban J connectivity index is 1.21. The standard InChI is InChI=1S/C45H28N4S/c1-2-11-30(12-3-1)42-47-43(32-14-10-13-31(27-32)29-23-25-46-26-24-29)49-44(48-42)33-21-22-41-39(28-33)45(38-19-8-9-20-40(38)50-41)36-17-6-4-15-34(36)35-16-5-7-18-37(35)45/h1-28H. The van der Waals surface area contributed by atoms with Gasteiger partial charge in [-0.05, 0) is 80.9 Å². The van der Waals surface area contributed by atoms with Gasteiger partial charge >= 0.3 is 0 Å². The smallest absolute Gasteiger partial charge is 0.164 e. The van der Waals surface area contributed by atoms with E-state index in [1.165, 1.54) is 43.2 Å². The summed E-state index contributed by atoms with van der Waals surface area (Å²) >= 11 is 1.84. The molecule has 0 saturated carbocycles. The van der Waals surface area contributed by atoms with Crippen molar-refractivity contribution < 1.29 is 0 Å². The third-order valence-electron chi connectivity index (χ3n) is 9.91. The Morgan fingerprint density at radius 2 is 0.900 bits per heavy atom. The third kappa shape index (κ3) is 4.40. The van der Waals surface area contributed by atoms with Crippen LogP contribution in [0.5, 0.6) is 0 Å². The number of benzene rings is 6. The highest BCUT2D eigenvalue weighted by molar-refractivity contribution is 7.99. The summed E-state index contributed by atoms with van der Waals surface area (Å²) in [5.74, 6) is 1.92. The van der Waals surface area contributed by atoms with Gasteiger partial charge in [0.1, 0.15) is 0 Å². The molecule has 0 fully saturated rings. The summed E-state index contributed by atoms with van der Waals surface area (Å²) in [6.45, 7) is 0. The minimum absolute atomic E-state index is 0.475. The van der Waals surface area contributed by atoms with E-state index in [1.807, 2.05) is 54.5 Å². The quantitative estimate of drug-likeness (QED) is 0.189. The highest BCUT2D eigenvalue weighted by atomic mass is 32.2. The summed E-state index contributed by atoms with van der Waals surface area (Å²) in [4.78, 5) is 22.1. The predicted molar refractivity (Wildman–Crippen MR) is 201 cm³/mol. The van der Waals surface area contributed by atoms with E-state index in [4.69, 9.17) is 15.0 Å². The van der Waals surface area contributed by atoms with Crippen molar-refractivity contribution in [1.82, 2.24) is 19.9 Å². The van der Waals surface area contributed by atoms with Crippen LogP contribution in [0.1, 0.15) is 22.3 Å². The molecule has 1 aliphatic carbocycles. The van der Waals surface area contributed by atoms with Crippen molar-refractivity contribution in [2.24, 2.45) is 0 Å². The summed E-state index contributed by atoms with van der Waals surface area (Å²) < 4.78 is 0. The highest BCUT2D eigenvalue weighted by Gasteiger charge is 2.50. The number of hydrogen-bond donors (Lipinski definition) is 0. The van der Waals surface area contributed by atoms with Crippen molar-refractivity contribution in [1.29, 1.82) is 0 Å². The van der Waals surface area contributed by atoms with Gasteiger partial charge in [0.05, 0.1) is 5.41 Å². The molecule has 0 bridgehead atoms. The predicted octanol–water partition coefficient (Wildman–Crippen LogP) is 10.8. The molecule has 0 N–H and O–H groups in total. The van der Waals surface area contributed by atoms with Crippen LogP contribution in [0, 0.1) is 0 Å². The van der Waals surface area contributed by atoms with Crippen molar-refractivity contribution >= 4 is 11.8 Å². The first kappa shape index (κ1) is 28.8. The van der Waals surface area contributed by atoms with Gasteiger partial charge in [0, 0.05) is 38.9 Å². The minimum atomic E-state index is -0.475. The molecule has 0 amide bonds. The molecular weight excluding hydrogens is 629 g/mol. The molecule has 2 aliphatic rings. The summed E-state index contributed by atoms with van der Waals surface area (Å²) in [6.07, 6.45) is 3.63.